The average Bonchev–Trinajstić information content (AvgIpc) is 2.29. The minimum Gasteiger partial charge on any atom is -0.397 e. The van der Waals surface area contributed by atoms with Gasteiger partial charge in [0.25, 0.3) is 0 Å². The van der Waals surface area contributed by atoms with Crippen LogP contribution in [0.3, 0.4) is 0 Å². The minimum absolute atomic E-state index is 0.274. The lowest BCUT2D eigenvalue weighted by atomic mass is 10.1. The lowest BCUT2D eigenvalue weighted by molar-refractivity contribution is -0.107. The molecule has 0 amide bonds. The van der Waals surface area contributed by atoms with Crippen LogP contribution in [0.2, 0.25) is 0 Å². The van der Waals surface area contributed by atoms with Gasteiger partial charge in [-0.1, -0.05) is 12.1 Å². The Bertz CT molecular complexity index is 368. The second kappa shape index (κ2) is 5.80. The molecule has 1 aromatic carbocycles. The van der Waals surface area contributed by atoms with Crippen LogP contribution >= 0.6 is 0 Å². The first-order valence-electron chi connectivity index (χ1n) is 5.05. The normalized spacial score (nSPS) is 11.0. The molecular weight excluding hydrogens is 202 g/mol. The second-order valence-corrected chi connectivity index (χ2v) is 3.62. The molecule has 1 rings (SSSR count). The summed E-state index contributed by atoms with van der Waals surface area (Å²) in [5.74, 6) is 0. The van der Waals surface area contributed by atoms with Gasteiger partial charge in [0.1, 0.15) is 6.29 Å². The zero-order chi connectivity index (χ0) is 12.0. The van der Waals surface area contributed by atoms with Crippen molar-refractivity contribution in [1.82, 2.24) is 5.32 Å². The first kappa shape index (κ1) is 12.1. The first-order valence-corrected chi connectivity index (χ1v) is 5.05. The molecule has 4 nitrogen and oxygen atoms in total. The second-order valence-electron chi connectivity index (χ2n) is 3.62. The molecule has 0 aliphatic rings. The highest BCUT2D eigenvalue weighted by atomic mass is 16.1. The van der Waals surface area contributed by atoms with E-state index in [1.165, 1.54) is 0 Å². The van der Waals surface area contributed by atoms with Gasteiger partial charge in [-0.05, 0) is 17.7 Å². The zero-order valence-corrected chi connectivity index (χ0v) is 9.60. The van der Waals surface area contributed by atoms with Crippen LogP contribution in [-0.4, -0.2) is 26.9 Å². The largest absolute Gasteiger partial charge is 0.397 e. The summed E-state index contributed by atoms with van der Waals surface area (Å²) in [6, 6.07) is 7.89. The number of benzene rings is 1. The Kier molecular flexibility index (Phi) is 4.39. The fraction of sp³-hybridized carbons (Fsp3) is 0.250. The molecule has 0 unspecified atom stereocenters. The summed E-state index contributed by atoms with van der Waals surface area (Å²) in [5.41, 5.74) is 8.51. The van der Waals surface area contributed by atoms with E-state index in [2.05, 4.69) is 5.32 Å². The number of hydrogen-bond donors (Lipinski definition) is 2. The summed E-state index contributed by atoms with van der Waals surface area (Å²) in [6.45, 7) is 0.274. The number of aldehydes is 1. The summed E-state index contributed by atoms with van der Waals surface area (Å²) in [6.07, 6.45) is 2.43. The van der Waals surface area contributed by atoms with Crippen molar-refractivity contribution in [1.29, 1.82) is 0 Å². The van der Waals surface area contributed by atoms with Gasteiger partial charge in [0.2, 0.25) is 0 Å². The fourth-order valence-electron chi connectivity index (χ4n) is 1.25. The summed E-state index contributed by atoms with van der Waals surface area (Å²) < 4.78 is 0. The Morgan fingerprint density at radius 1 is 1.38 bits per heavy atom. The Morgan fingerprint density at radius 3 is 2.50 bits per heavy atom. The number of nitrogens with two attached hydrogens (primary N) is 1. The third-order valence-corrected chi connectivity index (χ3v) is 2.18. The molecule has 0 atom stereocenters. The van der Waals surface area contributed by atoms with Crippen molar-refractivity contribution < 1.29 is 4.79 Å². The lowest BCUT2D eigenvalue weighted by Gasteiger charge is -2.12. The third kappa shape index (κ3) is 3.31. The standard InChI is InChI=1S/C12H17N3O/c1-15(2)11-5-3-10(4-6-11)12(13)9-14-7-8-16/h3-6,8-9,14H,7,13H2,1-2H3/b12-9-. The van der Waals surface area contributed by atoms with Gasteiger partial charge in [0.05, 0.1) is 12.2 Å². The van der Waals surface area contributed by atoms with Gasteiger partial charge in [-0.25, -0.2) is 0 Å². The van der Waals surface area contributed by atoms with Gasteiger partial charge in [-0.2, -0.15) is 0 Å². The summed E-state index contributed by atoms with van der Waals surface area (Å²) >= 11 is 0. The summed E-state index contributed by atoms with van der Waals surface area (Å²) in [7, 11) is 3.97. The van der Waals surface area contributed by atoms with Crippen molar-refractivity contribution in [2.45, 2.75) is 0 Å². The van der Waals surface area contributed by atoms with Gasteiger partial charge in [-0.15, -0.1) is 0 Å². The Hall–Kier alpha value is -1.97. The van der Waals surface area contributed by atoms with Gasteiger partial charge < -0.3 is 20.7 Å². The van der Waals surface area contributed by atoms with Crippen molar-refractivity contribution >= 4 is 17.7 Å². The molecular formula is C12H17N3O. The monoisotopic (exact) mass is 219 g/mol. The van der Waals surface area contributed by atoms with E-state index in [0.29, 0.717) is 5.70 Å². The predicted molar refractivity (Wildman–Crippen MR) is 67.0 cm³/mol. The van der Waals surface area contributed by atoms with Gasteiger partial charge in [-0.3, -0.25) is 0 Å². The molecule has 1 aromatic rings. The number of rotatable bonds is 5. The van der Waals surface area contributed by atoms with Crippen LogP contribution in [0, 0.1) is 0 Å². The topological polar surface area (TPSA) is 58.4 Å². The van der Waals surface area contributed by atoms with Crippen LogP contribution in [0.4, 0.5) is 5.69 Å². The molecule has 4 heteroatoms. The molecule has 0 spiro atoms. The van der Waals surface area contributed by atoms with E-state index in [4.69, 9.17) is 5.73 Å². The highest BCUT2D eigenvalue weighted by Gasteiger charge is 1.98. The third-order valence-electron chi connectivity index (χ3n) is 2.18. The van der Waals surface area contributed by atoms with Crippen molar-refractivity contribution in [2.24, 2.45) is 5.73 Å². The van der Waals surface area contributed by atoms with E-state index in [-0.39, 0.29) is 6.54 Å². The van der Waals surface area contributed by atoms with E-state index in [9.17, 15) is 4.79 Å². The van der Waals surface area contributed by atoms with E-state index in [1.807, 2.05) is 43.3 Å². The number of anilines is 1. The molecule has 0 bridgehead atoms. The summed E-state index contributed by atoms with van der Waals surface area (Å²) in [4.78, 5) is 12.1. The van der Waals surface area contributed by atoms with Crippen molar-refractivity contribution in [3.05, 3.63) is 36.0 Å². The van der Waals surface area contributed by atoms with Gasteiger partial charge in [0.15, 0.2) is 0 Å². The number of carbonyl (C=O) groups is 1. The average molecular weight is 219 g/mol. The molecule has 0 aromatic heterocycles. The quantitative estimate of drug-likeness (QED) is 0.568. The molecule has 0 heterocycles. The van der Waals surface area contributed by atoms with E-state index in [0.717, 1.165) is 17.5 Å². The summed E-state index contributed by atoms with van der Waals surface area (Å²) in [5, 5.41) is 2.81. The number of nitrogens with zero attached hydrogens (tertiary/aromatic N) is 1. The van der Waals surface area contributed by atoms with Crippen LogP contribution in [0.1, 0.15) is 5.56 Å². The Balaban J connectivity index is 2.73. The Labute approximate surface area is 95.7 Å². The van der Waals surface area contributed by atoms with E-state index < -0.39 is 0 Å². The van der Waals surface area contributed by atoms with Crippen molar-refractivity contribution in [2.75, 3.05) is 25.5 Å². The smallest absolute Gasteiger partial charge is 0.139 e. The fourth-order valence-corrected chi connectivity index (χ4v) is 1.25. The molecule has 0 aliphatic heterocycles. The van der Waals surface area contributed by atoms with Crippen LogP contribution in [0.5, 0.6) is 0 Å². The molecule has 86 valence electrons. The van der Waals surface area contributed by atoms with Gasteiger partial charge in [0, 0.05) is 26.0 Å². The molecule has 0 saturated carbocycles. The molecule has 0 aliphatic carbocycles. The number of hydrogen-bond acceptors (Lipinski definition) is 4. The predicted octanol–water partition coefficient (Wildman–Crippen LogP) is 0.798. The number of carbonyl (C=O) groups excluding carboxylic acids is 1. The highest BCUT2D eigenvalue weighted by Crippen LogP contribution is 2.15. The van der Waals surface area contributed by atoms with Crippen LogP contribution in [0.15, 0.2) is 30.5 Å². The SMILES string of the molecule is CN(C)c1ccc(/C(N)=C/NCC=O)cc1. The maximum atomic E-state index is 10.1. The van der Waals surface area contributed by atoms with Crippen LogP contribution in [0.25, 0.3) is 5.70 Å². The molecule has 0 saturated heterocycles. The van der Waals surface area contributed by atoms with Crippen molar-refractivity contribution in [3.8, 4) is 0 Å². The van der Waals surface area contributed by atoms with Crippen molar-refractivity contribution in [3.63, 3.8) is 0 Å². The van der Waals surface area contributed by atoms with Gasteiger partial charge >= 0.3 is 0 Å². The molecule has 16 heavy (non-hydrogen) atoms. The van der Waals surface area contributed by atoms with E-state index >= 15 is 0 Å². The maximum Gasteiger partial charge on any atom is 0.139 e. The van der Waals surface area contributed by atoms with Crippen LogP contribution < -0.4 is 16.0 Å². The molecule has 3 N–H and O–H groups in total. The Morgan fingerprint density at radius 2 is 2.00 bits per heavy atom. The van der Waals surface area contributed by atoms with E-state index in [1.54, 1.807) is 6.20 Å². The highest BCUT2D eigenvalue weighted by molar-refractivity contribution is 5.65. The van der Waals surface area contributed by atoms with Crippen LogP contribution in [-0.2, 0) is 4.79 Å². The maximum absolute atomic E-state index is 10.1. The molecule has 0 fully saturated rings. The first-order chi connectivity index (χ1) is 7.65. The zero-order valence-electron chi connectivity index (χ0n) is 9.60. The lowest BCUT2D eigenvalue weighted by Crippen LogP contribution is -2.11. The number of nitrogens with one attached hydrogen (secondary N) is 1. The molecule has 0 radical (unpaired) electrons. The minimum atomic E-state index is 0.274.